The lowest BCUT2D eigenvalue weighted by molar-refractivity contribution is -0.0880. The third kappa shape index (κ3) is 2.84. The van der Waals surface area contributed by atoms with Crippen LogP contribution in [0.4, 0.5) is 0 Å². The minimum absolute atomic E-state index is 0.0740. The van der Waals surface area contributed by atoms with Crippen molar-refractivity contribution in [1.82, 2.24) is 0 Å². The molecule has 1 heterocycles. The fraction of sp³-hybridized carbons (Fsp3) is 0.647. The summed E-state index contributed by atoms with van der Waals surface area (Å²) in [4.78, 5) is 0. The van der Waals surface area contributed by atoms with Crippen molar-refractivity contribution in [3.05, 3.63) is 29.3 Å². The van der Waals surface area contributed by atoms with Crippen molar-refractivity contribution in [3.8, 4) is 5.75 Å². The Hall–Kier alpha value is -1.06. The number of aliphatic hydroxyl groups excluding tert-OH is 1. The summed E-state index contributed by atoms with van der Waals surface area (Å²) in [5.41, 5.74) is 1.45. The maximum Gasteiger partial charge on any atom is 0.122 e. The molecule has 2 unspecified atom stereocenters. The maximum absolute atomic E-state index is 10.8. The standard InChI is InChI=1S/C17H26O3/c1-11-7-8-12(9-14(11)19-6)15(18)13-10-16(2,3)20-17(13,4)5/h7-9,13,15,18H,10H2,1-6H3. The zero-order valence-electron chi connectivity index (χ0n) is 13.4. The lowest BCUT2D eigenvalue weighted by Crippen LogP contribution is -2.32. The zero-order chi connectivity index (χ0) is 15.1. The van der Waals surface area contributed by atoms with Gasteiger partial charge in [-0.2, -0.15) is 0 Å². The second-order valence-electron chi connectivity index (χ2n) is 6.95. The van der Waals surface area contributed by atoms with Crippen LogP contribution < -0.4 is 4.74 Å². The van der Waals surface area contributed by atoms with E-state index in [2.05, 4.69) is 27.7 Å². The highest BCUT2D eigenvalue weighted by atomic mass is 16.5. The van der Waals surface area contributed by atoms with E-state index in [1.165, 1.54) is 0 Å². The Bertz CT molecular complexity index is 491. The van der Waals surface area contributed by atoms with Crippen molar-refractivity contribution in [3.63, 3.8) is 0 Å². The fourth-order valence-electron chi connectivity index (χ4n) is 3.35. The highest BCUT2D eigenvalue weighted by Gasteiger charge is 2.49. The van der Waals surface area contributed by atoms with Gasteiger partial charge in [-0.3, -0.25) is 0 Å². The van der Waals surface area contributed by atoms with Crippen LogP contribution in [0.15, 0.2) is 18.2 Å². The largest absolute Gasteiger partial charge is 0.496 e. The van der Waals surface area contributed by atoms with Crippen LogP contribution in [0.5, 0.6) is 5.75 Å². The van der Waals surface area contributed by atoms with Gasteiger partial charge in [-0.15, -0.1) is 0 Å². The van der Waals surface area contributed by atoms with Crippen molar-refractivity contribution < 1.29 is 14.6 Å². The summed E-state index contributed by atoms with van der Waals surface area (Å²) in [5, 5.41) is 10.8. The van der Waals surface area contributed by atoms with Gasteiger partial charge in [0.05, 0.1) is 24.4 Å². The first-order valence-electron chi connectivity index (χ1n) is 7.19. The van der Waals surface area contributed by atoms with Crippen LogP contribution in [0.25, 0.3) is 0 Å². The number of ether oxygens (including phenoxy) is 2. The van der Waals surface area contributed by atoms with E-state index < -0.39 is 6.10 Å². The van der Waals surface area contributed by atoms with E-state index in [1.54, 1.807) is 7.11 Å². The van der Waals surface area contributed by atoms with Crippen LogP contribution in [0.3, 0.4) is 0 Å². The number of aryl methyl sites for hydroxylation is 1. The number of hydrogen-bond donors (Lipinski definition) is 1. The molecule has 1 aromatic carbocycles. The Morgan fingerprint density at radius 1 is 1.30 bits per heavy atom. The molecule has 2 atom stereocenters. The summed E-state index contributed by atoms with van der Waals surface area (Å²) in [5.74, 6) is 0.891. The molecule has 0 bridgehead atoms. The summed E-state index contributed by atoms with van der Waals surface area (Å²) in [6, 6.07) is 5.90. The average molecular weight is 278 g/mol. The lowest BCUT2D eigenvalue weighted by atomic mass is 9.80. The van der Waals surface area contributed by atoms with Gasteiger partial charge < -0.3 is 14.6 Å². The number of rotatable bonds is 3. The minimum atomic E-state index is -0.540. The van der Waals surface area contributed by atoms with Crippen LogP contribution in [0, 0.1) is 12.8 Å². The SMILES string of the molecule is COc1cc(C(O)C2CC(C)(C)OC2(C)C)ccc1C. The Morgan fingerprint density at radius 3 is 2.45 bits per heavy atom. The maximum atomic E-state index is 10.8. The van der Waals surface area contributed by atoms with Crippen molar-refractivity contribution in [1.29, 1.82) is 0 Å². The van der Waals surface area contributed by atoms with Crippen LogP contribution in [-0.4, -0.2) is 23.4 Å². The van der Waals surface area contributed by atoms with E-state index in [1.807, 2.05) is 25.1 Å². The van der Waals surface area contributed by atoms with Gasteiger partial charge in [-0.25, -0.2) is 0 Å². The molecular weight excluding hydrogens is 252 g/mol. The van der Waals surface area contributed by atoms with E-state index in [-0.39, 0.29) is 17.1 Å². The molecule has 3 nitrogen and oxygen atoms in total. The zero-order valence-corrected chi connectivity index (χ0v) is 13.4. The number of aliphatic hydroxyl groups is 1. The van der Waals surface area contributed by atoms with Gasteiger partial charge >= 0.3 is 0 Å². The molecule has 0 aromatic heterocycles. The third-order valence-electron chi connectivity index (χ3n) is 4.30. The smallest absolute Gasteiger partial charge is 0.122 e. The van der Waals surface area contributed by atoms with Crippen molar-refractivity contribution in [2.45, 2.75) is 58.3 Å². The normalized spacial score (nSPS) is 25.4. The molecule has 1 aliphatic rings. The van der Waals surface area contributed by atoms with Crippen LogP contribution >= 0.6 is 0 Å². The van der Waals surface area contributed by atoms with Gasteiger partial charge in [0.25, 0.3) is 0 Å². The second kappa shape index (κ2) is 5.05. The van der Waals surface area contributed by atoms with Crippen molar-refractivity contribution in [2.24, 2.45) is 5.92 Å². The highest BCUT2D eigenvalue weighted by molar-refractivity contribution is 5.37. The molecule has 20 heavy (non-hydrogen) atoms. The van der Waals surface area contributed by atoms with E-state index >= 15 is 0 Å². The molecule has 112 valence electrons. The molecule has 1 N–H and O–H groups in total. The first-order valence-corrected chi connectivity index (χ1v) is 7.19. The predicted octanol–water partition coefficient (Wildman–Crippen LogP) is 3.63. The molecule has 2 rings (SSSR count). The van der Waals surface area contributed by atoms with Gasteiger partial charge in [0.15, 0.2) is 0 Å². The monoisotopic (exact) mass is 278 g/mol. The summed E-state index contributed by atoms with van der Waals surface area (Å²) >= 11 is 0. The summed E-state index contributed by atoms with van der Waals surface area (Å²) in [6.07, 6.45) is 0.304. The average Bonchev–Trinajstić information content (AvgIpc) is 2.57. The topological polar surface area (TPSA) is 38.7 Å². The Morgan fingerprint density at radius 2 is 1.95 bits per heavy atom. The minimum Gasteiger partial charge on any atom is -0.496 e. The summed E-state index contributed by atoms with van der Waals surface area (Å²) in [6.45, 7) is 10.3. The number of methoxy groups -OCH3 is 1. The fourth-order valence-corrected chi connectivity index (χ4v) is 3.35. The first kappa shape index (κ1) is 15.3. The number of hydrogen-bond acceptors (Lipinski definition) is 3. The van der Waals surface area contributed by atoms with Gasteiger partial charge in [0, 0.05) is 5.92 Å². The lowest BCUT2D eigenvalue weighted by Gasteiger charge is -2.30. The third-order valence-corrected chi connectivity index (χ3v) is 4.30. The summed E-state index contributed by atoms with van der Waals surface area (Å²) in [7, 11) is 1.66. The first-order chi connectivity index (χ1) is 9.16. The Labute approximate surface area is 121 Å². The van der Waals surface area contributed by atoms with E-state index in [4.69, 9.17) is 9.47 Å². The highest BCUT2D eigenvalue weighted by Crippen LogP contribution is 2.47. The molecule has 1 fully saturated rings. The second-order valence-corrected chi connectivity index (χ2v) is 6.95. The molecular formula is C17H26O3. The summed E-state index contributed by atoms with van der Waals surface area (Å²) < 4.78 is 11.4. The van der Waals surface area contributed by atoms with Crippen molar-refractivity contribution >= 4 is 0 Å². The molecule has 1 aliphatic heterocycles. The molecule has 3 heteroatoms. The van der Waals surface area contributed by atoms with Gasteiger partial charge in [0.1, 0.15) is 5.75 Å². The van der Waals surface area contributed by atoms with Crippen LogP contribution in [0.2, 0.25) is 0 Å². The molecule has 0 spiro atoms. The van der Waals surface area contributed by atoms with Gasteiger partial charge in [-0.05, 0) is 58.2 Å². The Kier molecular flexibility index (Phi) is 3.87. The molecule has 0 amide bonds. The molecule has 0 saturated carbocycles. The van der Waals surface area contributed by atoms with E-state index in [9.17, 15) is 5.11 Å². The van der Waals surface area contributed by atoms with Crippen LogP contribution in [-0.2, 0) is 4.74 Å². The van der Waals surface area contributed by atoms with Gasteiger partial charge in [-0.1, -0.05) is 12.1 Å². The van der Waals surface area contributed by atoms with E-state index in [0.29, 0.717) is 0 Å². The Balaban J connectivity index is 2.29. The quantitative estimate of drug-likeness (QED) is 0.917. The molecule has 0 aliphatic carbocycles. The van der Waals surface area contributed by atoms with E-state index in [0.717, 1.165) is 23.3 Å². The number of benzene rings is 1. The van der Waals surface area contributed by atoms with Crippen molar-refractivity contribution in [2.75, 3.05) is 7.11 Å². The predicted molar refractivity (Wildman–Crippen MR) is 80.0 cm³/mol. The van der Waals surface area contributed by atoms with Crippen LogP contribution in [0.1, 0.15) is 51.3 Å². The molecule has 1 aromatic rings. The molecule has 0 radical (unpaired) electrons. The molecule has 1 saturated heterocycles. The van der Waals surface area contributed by atoms with Gasteiger partial charge in [0.2, 0.25) is 0 Å².